The number of nitrogens with one attached hydrogen (secondary N) is 1. The van der Waals surface area contributed by atoms with Crippen LogP contribution in [0.1, 0.15) is 18.4 Å². The van der Waals surface area contributed by atoms with Crippen LogP contribution < -0.4 is 14.8 Å². The standard InChI is InChI=1S/C20H22N2O4/c1-24-17-8-6-16(7-9-17)21-19(23)22-12-10-20(11-13-22)25-14-15-4-2-3-5-18(15)26-20/h2-9H,10-14H2,1H3,(H,21,23). The topological polar surface area (TPSA) is 60.0 Å². The van der Waals surface area contributed by atoms with Crippen molar-refractivity contribution >= 4 is 11.7 Å². The number of amides is 2. The minimum Gasteiger partial charge on any atom is -0.497 e. The SMILES string of the molecule is COc1ccc(NC(=O)N2CCC3(CC2)OCc2ccccc2O3)cc1. The van der Waals surface area contributed by atoms with E-state index < -0.39 is 5.79 Å². The fourth-order valence-corrected chi connectivity index (χ4v) is 3.34. The van der Waals surface area contributed by atoms with Crippen molar-refractivity contribution in [2.75, 3.05) is 25.5 Å². The van der Waals surface area contributed by atoms with E-state index in [9.17, 15) is 4.79 Å². The first-order valence-corrected chi connectivity index (χ1v) is 8.78. The molecule has 136 valence electrons. The summed E-state index contributed by atoms with van der Waals surface area (Å²) in [7, 11) is 1.62. The second kappa shape index (κ2) is 6.88. The van der Waals surface area contributed by atoms with Gasteiger partial charge in [-0.15, -0.1) is 0 Å². The van der Waals surface area contributed by atoms with Gasteiger partial charge in [0.05, 0.1) is 13.7 Å². The number of methoxy groups -OCH3 is 1. The Hall–Kier alpha value is -2.73. The number of piperidine rings is 1. The van der Waals surface area contributed by atoms with Crippen molar-refractivity contribution in [2.24, 2.45) is 0 Å². The number of likely N-dealkylation sites (tertiary alicyclic amines) is 1. The van der Waals surface area contributed by atoms with Gasteiger partial charge in [-0.05, 0) is 30.3 Å². The first kappa shape index (κ1) is 16.7. The molecule has 26 heavy (non-hydrogen) atoms. The third-order valence-corrected chi connectivity index (χ3v) is 4.91. The molecule has 0 saturated carbocycles. The predicted octanol–water partition coefficient (Wildman–Crippen LogP) is 3.63. The summed E-state index contributed by atoms with van der Waals surface area (Å²) in [6.07, 6.45) is 1.30. The smallest absolute Gasteiger partial charge is 0.321 e. The van der Waals surface area contributed by atoms with Crippen LogP contribution in [-0.4, -0.2) is 36.9 Å². The van der Waals surface area contributed by atoms with Gasteiger partial charge in [-0.2, -0.15) is 0 Å². The zero-order valence-electron chi connectivity index (χ0n) is 14.7. The maximum Gasteiger partial charge on any atom is 0.321 e. The molecule has 6 heteroatoms. The number of hydrogen-bond donors (Lipinski definition) is 1. The zero-order chi connectivity index (χ0) is 18.0. The van der Waals surface area contributed by atoms with E-state index in [2.05, 4.69) is 5.32 Å². The van der Waals surface area contributed by atoms with Gasteiger partial charge >= 0.3 is 6.03 Å². The molecule has 1 N–H and O–H groups in total. The number of fused-ring (bicyclic) bond motifs is 1. The Bertz CT molecular complexity index is 783. The molecule has 1 saturated heterocycles. The zero-order valence-corrected chi connectivity index (χ0v) is 14.7. The second-order valence-electron chi connectivity index (χ2n) is 6.55. The van der Waals surface area contributed by atoms with Gasteiger partial charge in [-0.1, -0.05) is 18.2 Å². The van der Waals surface area contributed by atoms with Crippen molar-refractivity contribution in [3.05, 3.63) is 54.1 Å². The van der Waals surface area contributed by atoms with Crippen molar-refractivity contribution in [1.82, 2.24) is 4.90 Å². The molecular weight excluding hydrogens is 332 g/mol. The number of rotatable bonds is 2. The van der Waals surface area contributed by atoms with Crippen LogP contribution in [0.2, 0.25) is 0 Å². The summed E-state index contributed by atoms with van der Waals surface area (Å²) in [5, 5.41) is 2.92. The Morgan fingerprint density at radius 1 is 1.12 bits per heavy atom. The first-order chi connectivity index (χ1) is 12.7. The Balaban J connectivity index is 1.35. The molecule has 1 fully saturated rings. The summed E-state index contributed by atoms with van der Waals surface area (Å²) in [5.41, 5.74) is 1.81. The highest BCUT2D eigenvalue weighted by atomic mass is 16.7. The molecular formula is C20H22N2O4. The fraction of sp³-hybridized carbons (Fsp3) is 0.350. The summed E-state index contributed by atoms with van der Waals surface area (Å²) in [4.78, 5) is 14.3. The van der Waals surface area contributed by atoms with Gasteiger partial charge in [0.25, 0.3) is 0 Å². The van der Waals surface area contributed by atoms with Gasteiger partial charge in [0.15, 0.2) is 0 Å². The van der Waals surface area contributed by atoms with Crippen molar-refractivity contribution < 1.29 is 19.0 Å². The molecule has 6 nitrogen and oxygen atoms in total. The molecule has 0 atom stereocenters. The van der Waals surface area contributed by atoms with Gasteiger partial charge < -0.3 is 24.4 Å². The molecule has 2 aromatic rings. The lowest BCUT2D eigenvalue weighted by molar-refractivity contribution is -0.225. The average molecular weight is 354 g/mol. The lowest BCUT2D eigenvalue weighted by atomic mass is 10.0. The molecule has 1 spiro atoms. The van der Waals surface area contributed by atoms with Crippen molar-refractivity contribution in [1.29, 1.82) is 0 Å². The molecule has 2 amide bonds. The van der Waals surface area contributed by atoms with E-state index in [4.69, 9.17) is 14.2 Å². The maximum atomic E-state index is 12.5. The molecule has 2 heterocycles. The van der Waals surface area contributed by atoms with Crippen LogP contribution in [0.25, 0.3) is 0 Å². The number of carbonyl (C=O) groups is 1. The Kier molecular flexibility index (Phi) is 4.42. The summed E-state index contributed by atoms with van der Waals surface area (Å²) in [5.74, 6) is 1.02. The van der Waals surface area contributed by atoms with Crippen LogP contribution in [0, 0.1) is 0 Å². The number of anilines is 1. The number of benzene rings is 2. The predicted molar refractivity (Wildman–Crippen MR) is 97.4 cm³/mol. The van der Waals surface area contributed by atoms with E-state index in [1.54, 1.807) is 12.0 Å². The van der Waals surface area contributed by atoms with E-state index in [0.717, 1.165) is 22.7 Å². The highest BCUT2D eigenvalue weighted by Crippen LogP contribution is 2.37. The van der Waals surface area contributed by atoms with Crippen LogP contribution >= 0.6 is 0 Å². The average Bonchev–Trinajstić information content (AvgIpc) is 2.69. The van der Waals surface area contributed by atoms with Crippen molar-refractivity contribution in [3.63, 3.8) is 0 Å². The lowest BCUT2D eigenvalue weighted by Gasteiger charge is -2.43. The molecule has 2 aromatic carbocycles. The quantitative estimate of drug-likeness (QED) is 0.895. The van der Waals surface area contributed by atoms with E-state index in [0.29, 0.717) is 32.5 Å². The maximum absolute atomic E-state index is 12.5. The summed E-state index contributed by atoms with van der Waals surface area (Å²) in [6.45, 7) is 1.72. The normalized spacial score (nSPS) is 18.0. The van der Waals surface area contributed by atoms with E-state index in [1.807, 2.05) is 48.5 Å². The number of ether oxygens (including phenoxy) is 3. The number of para-hydroxylation sites is 1. The largest absolute Gasteiger partial charge is 0.497 e. The van der Waals surface area contributed by atoms with Crippen molar-refractivity contribution in [3.8, 4) is 11.5 Å². The minimum absolute atomic E-state index is 0.110. The van der Waals surface area contributed by atoms with Gasteiger partial charge in [0.2, 0.25) is 5.79 Å². The molecule has 2 aliphatic heterocycles. The van der Waals surface area contributed by atoms with Crippen LogP contribution in [0.5, 0.6) is 11.5 Å². The molecule has 0 unspecified atom stereocenters. The van der Waals surface area contributed by atoms with Gasteiger partial charge in [-0.25, -0.2) is 4.79 Å². The monoisotopic (exact) mass is 354 g/mol. The number of carbonyl (C=O) groups excluding carboxylic acids is 1. The van der Waals surface area contributed by atoms with E-state index in [-0.39, 0.29) is 6.03 Å². The number of urea groups is 1. The molecule has 0 aliphatic carbocycles. The first-order valence-electron chi connectivity index (χ1n) is 8.78. The highest BCUT2D eigenvalue weighted by molar-refractivity contribution is 5.89. The number of hydrogen-bond acceptors (Lipinski definition) is 4. The van der Waals surface area contributed by atoms with E-state index in [1.165, 1.54) is 0 Å². The third kappa shape index (κ3) is 3.32. The van der Waals surface area contributed by atoms with E-state index >= 15 is 0 Å². The van der Waals surface area contributed by atoms with Crippen LogP contribution in [0.4, 0.5) is 10.5 Å². The van der Waals surface area contributed by atoms with Crippen LogP contribution in [0.15, 0.2) is 48.5 Å². The van der Waals surface area contributed by atoms with Crippen LogP contribution in [0.3, 0.4) is 0 Å². The van der Waals surface area contributed by atoms with Crippen molar-refractivity contribution in [2.45, 2.75) is 25.2 Å². The summed E-state index contributed by atoms with van der Waals surface area (Å²) >= 11 is 0. The van der Waals surface area contributed by atoms with Gasteiger partial charge in [-0.3, -0.25) is 0 Å². The van der Waals surface area contributed by atoms with Crippen LogP contribution in [-0.2, 0) is 11.3 Å². The third-order valence-electron chi connectivity index (χ3n) is 4.91. The summed E-state index contributed by atoms with van der Waals surface area (Å²) in [6, 6.07) is 15.1. The summed E-state index contributed by atoms with van der Waals surface area (Å²) < 4.78 is 17.3. The lowest BCUT2D eigenvalue weighted by Crippen LogP contribution is -2.53. The highest BCUT2D eigenvalue weighted by Gasteiger charge is 2.41. The fourth-order valence-electron chi connectivity index (χ4n) is 3.34. The Morgan fingerprint density at radius 3 is 2.58 bits per heavy atom. The molecule has 0 bridgehead atoms. The molecule has 0 radical (unpaired) electrons. The minimum atomic E-state index is -0.620. The number of nitrogens with zero attached hydrogens (tertiary/aromatic N) is 1. The van der Waals surface area contributed by atoms with Gasteiger partial charge in [0, 0.05) is 37.2 Å². The van der Waals surface area contributed by atoms with Gasteiger partial charge in [0.1, 0.15) is 11.5 Å². The Labute approximate surface area is 152 Å². The molecule has 4 rings (SSSR count). The Morgan fingerprint density at radius 2 is 1.85 bits per heavy atom. The second-order valence-corrected chi connectivity index (χ2v) is 6.55. The molecule has 2 aliphatic rings. The molecule has 0 aromatic heterocycles.